The Bertz CT molecular complexity index is 749. The van der Waals surface area contributed by atoms with E-state index < -0.39 is 24.4 Å². The largest absolute Gasteiger partial charge is 0.393 e. The highest BCUT2D eigenvalue weighted by molar-refractivity contribution is 5.79. The Kier molecular flexibility index (Phi) is 8.28. The van der Waals surface area contributed by atoms with Crippen molar-refractivity contribution in [2.75, 3.05) is 19.8 Å². The lowest BCUT2D eigenvalue weighted by atomic mass is 9.62. The van der Waals surface area contributed by atoms with Crippen LogP contribution in [0.15, 0.2) is 12.2 Å². The number of ketones is 1. The Labute approximate surface area is 208 Å². The molecule has 0 spiro atoms. The minimum absolute atomic E-state index is 0.0731. The van der Waals surface area contributed by atoms with Crippen molar-refractivity contribution in [1.82, 2.24) is 0 Å². The van der Waals surface area contributed by atoms with Crippen LogP contribution in [0.4, 0.5) is 0 Å². The Morgan fingerprint density at radius 2 is 1.94 bits per heavy atom. The highest BCUT2D eigenvalue weighted by atomic mass is 16.6. The highest BCUT2D eigenvalue weighted by Crippen LogP contribution is 2.49. The van der Waals surface area contributed by atoms with Gasteiger partial charge in [-0.15, -0.1) is 0 Å². The van der Waals surface area contributed by atoms with Gasteiger partial charge in [0, 0.05) is 37.9 Å². The summed E-state index contributed by atoms with van der Waals surface area (Å²) in [5.74, 6) is 0.385. The Morgan fingerprint density at radius 1 is 1.09 bits per heavy atom. The third-order valence-corrected chi connectivity index (χ3v) is 8.85. The fourth-order valence-corrected chi connectivity index (χ4v) is 6.76. The molecule has 4 heterocycles. The van der Waals surface area contributed by atoms with Crippen LogP contribution in [0.3, 0.4) is 0 Å². The summed E-state index contributed by atoms with van der Waals surface area (Å²) < 4.78 is 23.5. The van der Waals surface area contributed by atoms with Gasteiger partial charge in [-0.2, -0.15) is 0 Å². The third kappa shape index (κ3) is 6.00. The van der Waals surface area contributed by atoms with Crippen LogP contribution < -0.4 is 0 Å². The summed E-state index contributed by atoms with van der Waals surface area (Å²) in [4.78, 5) is 12.5. The molecule has 1 aliphatic carbocycles. The summed E-state index contributed by atoms with van der Waals surface area (Å²) in [7, 11) is 0. The van der Waals surface area contributed by atoms with Gasteiger partial charge in [0.25, 0.3) is 0 Å². The van der Waals surface area contributed by atoms with Crippen LogP contribution in [0, 0.1) is 17.8 Å². The van der Waals surface area contributed by atoms with Crippen LogP contribution in [0.2, 0.25) is 0 Å². The van der Waals surface area contributed by atoms with E-state index in [-0.39, 0.29) is 42.0 Å². The van der Waals surface area contributed by atoms with Gasteiger partial charge in [-0.05, 0) is 62.9 Å². The van der Waals surface area contributed by atoms with E-state index in [4.69, 9.17) is 18.9 Å². The molecular weight excluding hydrogens is 452 g/mol. The molecule has 0 aromatic heterocycles. The fraction of sp³-hybridized carbons (Fsp3) is 0.889. The number of rotatable bonds is 10. The lowest BCUT2D eigenvalue weighted by Crippen LogP contribution is -2.66. The molecule has 0 aromatic rings. The molecule has 8 nitrogen and oxygen atoms in total. The number of carbonyl (C=O) groups is 1. The molecule has 35 heavy (non-hydrogen) atoms. The number of fused-ring (bicyclic) bond motifs is 2. The Morgan fingerprint density at radius 3 is 2.69 bits per heavy atom. The van der Waals surface area contributed by atoms with Crippen LogP contribution in [0.25, 0.3) is 0 Å². The van der Waals surface area contributed by atoms with Crippen molar-refractivity contribution in [3.8, 4) is 0 Å². The lowest BCUT2D eigenvalue weighted by molar-refractivity contribution is -0.296. The van der Waals surface area contributed by atoms with Crippen LogP contribution >= 0.6 is 0 Å². The van der Waals surface area contributed by atoms with Gasteiger partial charge in [0.15, 0.2) is 0 Å². The molecule has 0 aromatic carbocycles. The number of aliphatic hydroxyl groups excluding tert-OH is 3. The molecule has 5 rings (SSSR count). The molecule has 0 amide bonds. The van der Waals surface area contributed by atoms with E-state index >= 15 is 0 Å². The normalized spacial score (nSPS) is 42.7. The maximum absolute atomic E-state index is 12.5. The molecule has 11 atom stereocenters. The number of ether oxygens (including phenoxy) is 4. The number of hydrogen-bond acceptors (Lipinski definition) is 8. The summed E-state index contributed by atoms with van der Waals surface area (Å²) in [5.41, 5.74) is 1.10. The van der Waals surface area contributed by atoms with Crippen LogP contribution in [0.1, 0.15) is 64.2 Å². The first kappa shape index (κ1) is 25.8. The first-order chi connectivity index (χ1) is 16.9. The standard InChI is InChI=1S/C27H42O8/c1-15-8-19(33-13-15)3-2-17(28)11-23(30)21-12-22-25(31)27-24(35-26(21)22)5-4-20(34-27)10-18(29)9-16-6-7-32-14-16/h16-17,19-28,30-31H,1-14H2. The predicted octanol–water partition coefficient (Wildman–Crippen LogP) is 1.92. The second-order valence-electron chi connectivity index (χ2n) is 11.6. The van der Waals surface area contributed by atoms with Crippen molar-refractivity contribution in [2.45, 2.75) is 113 Å². The van der Waals surface area contributed by atoms with E-state index in [1.807, 2.05) is 0 Å². The molecule has 1 saturated carbocycles. The lowest BCUT2D eigenvalue weighted by Gasteiger charge is -2.57. The summed E-state index contributed by atoms with van der Waals surface area (Å²) in [6.45, 7) is 5.96. The van der Waals surface area contributed by atoms with Crippen LogP contribution in [-0.4, -0.2) is 89.8 Å². The minimum atomic E-state index is -0.663. The number of Topliss-reactive ketones (excluding diaryl/α,β-unsaturated/α-hetero) is 1. The molecule has 0 bridgehead atoms. The third-order valence-electron chi connectivity index (χ3n) is 8.85. The summed E-state index contributed by atoms with van der Waals surface area (Å²) in [6, 6.07) is 0. The molecule has 3 N–H and O–H groups in total. The molecule has 8 heteroatoms. The van der Waals surface area contributed by atoms with Crippen molar-refractivity contribution in [3.05, 3.63) is 12.2 Å². The highest BCUT2D eigenvalue weighted by Gasteiger charge is 2.57. The van der Waals surface area contributed by atoms with Crippen molar-refractivity contribution in [2.24, 2.45) is 17.8 Å². The van der Waals surface area contributed by atoms with E-state index in [2.05, 4.69) is 6.58 Å². The van der Waals surface area contributed by atoms with Crippen molar-refractivity contribution in [3.63, 3.8) is 0 Å². The minimum Gasteiger partial charge on any atom is -0.393 e. The van der Waals surface area contributed by atoms with Gasteiger partial charge in [0.2, 0.25) is 0 Å². The average molecular weight is 495 g/mol. The van der Waals surface area contributed by atoms with Gasteiger partial charge >= 0.3 is 0 Å². The number of carbonyl (C=O) groups excluding carboxylic acids is 1. The first-order valence-electron chi connectivity index (χ1n) is 13.6. The second kappa shape index (κ2) is 11.3. The van der Waals surface area contributed by atoms with Gasteiger partial charge in [-0.1, -0.05) is 6.58 Å². The molecule has 5 fully saturated rings. The zero-order valence-electron chi connectivity index (χ0n) is 20.6. The molecule has 198 valence electrons. The second-order valence-corrected chi connectivity index (χ2v) is 11.6. The molecule has 4 saturated heterocycles. The summed E-state index contributed by atoms with van der Waals surface area (Å²) in [6.07, 6.45) is 3.75. The quantitative estimate of drug-likeness (QED) is 0.395. The van der Waals surface area contributed by atoms with Crippen molar-refractivity contribution >= 4 is 5.78 Å². The van der Waals surface area contributed by atoms with Gasteiger partial charge in [-0.25, -0.2) is 0 Å². The average Bonchev–Trinajstić information content (AvgIpc) is 3.46. The zero-order chi connectivity index (χ0) is 24.5. The molecular formula is C27H42O8. The number of hydrogen-bond donors (Lipinski definition) is 3. The maximum Gasteiger partial charge on any atom is 0.135 e. The molecule has 4 aliphatic heterocycles. The van der Waals surface area contributed by atoms with E-state index in [9.17, 15) is 20.1 Å². The van der Waals surface area contributed by atoms with Crippen LogP contribution in [-0.2, 0) is 23.7 Å². The number of aliphatic hydroxyl groups is 3. The van der Waals surface area contributed by atoms with Crippen molar-refractivity contribution in [1.29, 1.82) is 0 Å². The predicted molar refractivity (Wildman–Crippen MR) is 127 cm³/mol. The SMILES string of the molecule is C=C1COC(CCC(O)CC(O)C2CC3C(O)C4OC(CC(=O)CC5CCOC5)CCC4OC23)C1. The van der Waals surface area contributed by atoms with Gasteiger partial charge in [-0.3, -0.25) is 4.79 Å². The topological polar surface area (TPSA) is 115 Å². The van der Waals surface area contributed by atoms with Crippen LogP contribution in [0.5, 0.6) is 0 Å². The Balaban J connectivity index is 1.06. The molecule has 5 aliphatic rings. The fourth-order valence-electron chi connectivity index (χ4n) is 6.76. The van der Waals surface area contributed by atoms with E-state index in [0.29, 0.717) is 51.2 Å². The van der Waals surface area contributed by atoms with Gasteiger partial charge < -0.3 is 34.3 Å². The van der Waals surface area contributed by atoms with E-state index in [1.165, 1.54) is 0 Å². The summed E-state index contributed by atoms with van der Waals surface area (Å²) >= 11 is 0. The zero-order valence-corrected chi connectivity index (χ0v) is 20.6. The smallest absolute Gasteiger partial charge is 0.135 e. The maximum atomic E-state index is 12.5. The first-order valence-corrected chi connectivity index (χ1v) is 13.6. The van der Waals surface area contributed by atoms with Gasteiger partial charge in [0.05, 0.1) is 49.3 Å². The van der Waals surface area contributed by atoms with E-state index in [0.717, 1.165) is 44.3 Å². The Hall–Kier alpha value is -0.870. The molecule has 0 radical (unpaired) electrons. The monoisotopic (exact) mass is 494 g/mol. The molecule has 11 unspecified atom stereocenters. The van der Waals surface area contributed by atoms with Crippen molar-refractivity contribution < 1.29 is 39.1 Å². The van der Waals surface area contributed by atoms with Gasteiger partial charge in [0.1, 0.15) is 11.9 Å². The van der Waals surface area contributed by atoms with E-state index in [1.54, 1.807) is 0 Å². The summed E-state index contributed by atoms with van der Waals surface area (Å²) in [5, 5.41) is 32.3.